The van der Waals surface area contributed by atoms with Crippen LogP contribution in [0.25, 0.3) is 10.9 Å². The summed E-state index contributed by atoms with van der Waals surface area (Å²) in [6.45, 7) is -0.262. The highest BCUT2D eigenvalue weighted by Crippen LogP contribution is 2.31. The molecule has 1 aliphatic heterocycles. The average molecular weight is 279 g/mol. The Kier molecular flexibility index (Phi) is 3.13. The largest absolute Gasteiger partial charge is 0.394 e. The fourth-order valence-corrected chi connectivity index (χ4v) is 2.41. The number of nitro benzene ring substituents is 1. The van der Waals surface area contributed by atoms with Crippen LogP contribution in [0.5, 0.6) is 0 Å². The predicted molar refractivity (Wildman–Crippen MR) is 68.0 cm³/mol. The summed E-state index contributed by atoms with van der Waals surface area (Å²) in [6.07, 6.45) is -0.0238. The molecule has 1 saturated heterocycles. The summed E-state index contributed by atoms with van der Waals surface area (Å²) in [4.78, 5) is 10.3. The van der Waals surface area contributed by atoms with Crippen LogP contribution in [-0.2, 0) is 4.74 Å². The van der Waals surface area contributed by atoms with E-state index in [0.29, 0.717) is 17.3 Å². The molecule has 1 aromatic carbocycles. The minimum atomic E-state index is -0.748. The standard InChI is InChI=1S/C12H13N3O5/c16-6-11-10(17)4-12(20-11)14-9-2-1-8(15(18)19)3-7(9)5-13-14/h1-3,5,10-12,16-17H,4,6H2/t10-,11+,12?/m0/s1. The molecule has 1 unspecified atom stereocenters. The van der Waals surface area contributed by atoms with E-state index in [1.54, 1.807) is 10.7 Å². The lowest BCUT2D eigenvalue weighted by Gasteiger charge is -2.13. The topological polar surface area (TPSA) is 111 Å². The van der Waals surface area contributed by atoms with Crippen molar-refractivity contribution in [3.05, 3.63) is 34.5 Å². The van der Waals surface area contributed by atoms with Crippen LogP contribution < -0.4 is 0 Å². The summed E-state index contributed by atoms with van der Waals surface area (Å²) in [5.74, 6) is 0. The van der Waals surface area contributed by atoms with Crippen LogP contribution >= 0.6 is 0 Å². The molecule has 2 heterocycles. The van der Waals surface area contributed by atoms with Crippen LogP contribution in [0.3, 0.4) is 0 Å². The van der Waals surface area contributed by atoms with Gasteiger partial charge in [-0.15, -0.1) is 0 Å². The van der Waals surface area contributed by atoms with Crippen LogP contribution in [0.4, 0.5) is 5.69 Å². The van der Waals surface area contributed by atoms with Crippen molar-refractivity contribution >= 4 is 16.6 Å². The molecule has 0 bridgehead atoms. The Balaban J connectivity index is 1.95. The lowest BCUT2D eigenvalue weighted by atomic mass is 10.2. The van der Waals surface area contributed by atoms with Crippen molar-refractivity contribution in [1.29, 1.82) is 0 Å². The van der Waals surface area contributed by atoms with E-state index in [4.69, 9.17) is 9.84 Å². The van der Waals surface area contributed by atoms with Gasteiger partial charge in [-0.25, -0.2) is 4.68 Å². The maximum Gasteiger partial charge on any atom is 0.270 e. The Hall–Kier alpha value is -2.03. The van der Waals surface area contributed by atoms with E-state index < -0.39 is 23.4 Å². The zero-order valence-electron chi connectivity index (χ0n) is 10.4. The van der Waals surface area contributed by atoms with Gasteiger partial charge in [0.1, 0.15) is 6.10 Å². The zero-order chi connectivity index (χ0) is 14.3. The summed E-state index contributed by atoms with van der Waals surface area (Å²) in [5.41, 5.74) is 0.684. The van der Waals surface area contributed by atoms with Crippen LogP contribution in [0.2, 0.25) is 0 Å². The number of hydrogen-bond acceptors (Lipinski definition) is 6. The minimum Gasteiger partial charge on any atom is -0.394 e. The number of ether oxygens (including phenoxy) is 1. The molecule has 0 radical (unpaired) electrons. The van der Waals surface area contributed by atoms with Crippen molar-refractivity contribution in [2.45, 2.75) is 24.9 Å². The molecule has 1 aliphatic rings. The molecule has 0 aliphatic carbocycles. The third kappa shape index (κ3) is 2.03. The zero-order valence-corrected chi connectivity index (χ0v) is 10.4. The highest BCUT2D eigenvalue weighted by atomic mass is 16.6. The Morgan fingerprint density at radius 2 is 2.35 bits per heavy atom. The van der Waals surface area contributed by atoms with Gasteiger partial charge in [-0.2, -0.15) is 5.10 Å². The molecule has 8 nitrogen and oxygen atoms in total. The normalized spacial score (nSPS) is 26.2. The van der Waals surface area contributed by atoms with Crippen molar-refractivity contribution in [3.8, 4) is 0 Å². The van der Waals surface area contributed by atoms with Crippen molar-refractivity contribution < 1.29 is 19.9 Å². The summed E-state index contributed by atoms with van der Waals surface area (Å²) < 4.78 is 7.09. The Morgan fingerprint density at radius 3 is 3.00 bits per heavy atom. The van der Waals surface area contributed by atoms with Crippen molar-refractivity contribution in [2.24, 2.45) is 0 Å². The highest BCUT2D eigenvalue weighted by Gasteiger charge is 2.35. The second kappa shape index (κ2) is 4.82. The first-order valence-corrected chi connectivity index (χ1v) is 6.16. The van der Waals surface area contributed by atoms with Gasteiger partial charge in [-0.1, -0.05) is 0 Å². The lowest BCUT2D eigenvalue weighted by Crippen LogP contribution is -2.24. The molecule has 2 N–H and O–H groups in total. The number of aliphatic hydroxyl groups is 2. The van der Waals surface area contributed by atoms with Crippen LogP contribution in [0.1, 0.15) is 12.6 Å². The molecule has 106 valence electrons. The minimum absolute atomic E-state index is 0.00217. The number of fused-ring (bicyclic) bond motifs is 1. The molecule has 0 saturated carbocycles. The van der Waals surface area contributed by atoms with Crippen LogP contribution in [0, 0.1) is 10.1 Å². The fourth-order valence-electron chi connectivity index (χ4n) is 2.41. The van der Waals surface area contributed by atoms with Crippen molar-refractivity contribution in [3.63, 3.8) is 0 Å². The maximum atomic E-state index is 10.7. The lowest BCUT2D eigenvalue weighted by molar-refractivity contribution is -0.384. The second-order valence-corrected chi connectivity index (χ2v) is 4.70. The van der Waals surface area contributed by atoms with Gasteiger partial charge >= 0.3 is 0 Å². The third-order valence-corrected chi connectivity index (χ3v) is 3.45. The summed E-state index contributed by atoms with van der Waals surface area (Å²) in [6, 6.07) is 4.44. The van der Waals surface area contributed by atoms with Crippen molar-refractivity contribution in [1.82, 2.24) is 9.78 Å². The molecule has 20 heavy (non-hydrogen) atoms. The molecule has 0 spiro atoms. The predicted octanol–water partition coefficient (Wildman–Crippen LogP) is 0.585. The molecule has 1 fully saturated rings. The Labute approximate surface area is 113 Å². The van der Waals surface area contributed by atoms with E-state index in [0.717, 1.165) is 0 Å². The molecular formula is C12H13N3O5. The second-order valence-electron chi connectivity index (χ2n) is 4.70. The van der Waals surface area contributed by atoms with Gasteiger partial charge < -0.3 is 14.9 Å². The number of aliphatic hydroxyl groups excluding tert-OH is 2. The number of nitrogens with zero attached hydrogens (tertiary/aromatic N) is 3. The number of nitro groups is 1. The van der Waals surface area contributed by atoms with Gasteiger partial charge in [0.15, 0.2) is 6.23 Å². The van der Waals surface area contributed by atoms with E-state index in [-0.39, 0.29) is 12.3 Å². The molecule has 0 amide bonds. The van der Waals surface area contributed by atoms with Gasteiger partial charge in [0, 0.05) is 23.9 Å². The summed E-state index contributed by atoms with van der Waals surface area (Å²) in [5, 5.41) is 34.3. The fraction of sp³-hybridized carbons (Fsp3) is 0.417. The Bertz CT molecular complexity index is 656. The van der Waals surface area contributed by atoms with Gasteiger partial charge in [0.25, 0.3) is 5.69 Å². The van der Waals surface area contributed by atoms with E-state index in [2.05, 4.69) is 5.10 Å². The van der Waals surface area contributed by atoms with E-state index in [9.17, 15) is 15.2 Å². The molecule has 1 aromatic heterocycles. The van der Waals surface area contributed by atoms with Crippen molar-refractivity contribution in [2.75, 3.05) is 6.61 Å². The first-order chi connectivity index (χ1) is 9.60. The Morgan fingerprint density at radius 1 is 1.55 bits per heavy atom. The monoisotopic (exact) mass is 279 g/mol. The number of benzene rings is 1. The summed E-state index contributed by atoms with van der Waals surface area (Å²) in [7, 11) is 0. The van der Waals surface area contributed by atoms with Crippen LogP contribution in [-0.4, -0.2) is 43.7 Å². The maximum absolute atomic E-state index is 10.7. The molecule has 8 heteroatoms. The van der Waals surface area contributed by atoms with E-state index >= 15 is 0 Å². The number of rotatable bonds is 3. The molecular weight excluding hydrogens is 266 g/mol. The molecule has 3 rings (SSSR count). The SMILES string of the molecule is O=[N+]([O-])c1ccc2c(cnn2C2C[C@H](O)[C@@H](CO)O2)c1. The highest BCUT2D eigenvalue weighted by molar-refractivity contribution is 5.81. The van der Waals surface area contributed by atoms with E-state index in [1.807, 2.05) is 0 Å². The number of aromatic nitrogens is 2. The van der Waals surface area contributed by atoms with Crippen LogP contribution in [0.15, 0.2) is 24.4 Å². The average Bonchev–Trinajstić information content (AvgIpc) is 3.00. The van der Waals surface area contributed by atoms with Gasteiger partial charge in [-0.3, -0.25) is 10.1 Å². The quantitative estimate of drug-likeness (QED) is 0.628. The van der Waals surface area contributed by atoms with Gasteiger partial charge in [-0.05, 0) is 6.07 Å². The third-order valence-electron chi connectivity index (χ3n) is 3.45. The first kappa shape index (κ1) is 13.0. The van der Waals surface area contributed by atoms with Gasteiger partial charge in [0.05, 0.1) is 29.3 Å². The first-order valence-electron chi connectivity index (χ1n) is 6.16. The smallest absolute Gasteiger partial charge is 0.270 e. The number of hydrogen-bond donors (Lipinski definition) is 2. The van der Waals surface area contributed by atoms with E-state index in [1.165, 1.54) is 18.3 Å². The molecule has 2 aromatic rings. The summed E-state index contributed by atoms with van der Waals surface area (Å²) >= 11 is 0. The number of non-ortho nitro benzene ring substituents is 1. The van der Waals surface area contributed by atoms with Gasteiger partial charge in [0.2, 0.25) is 0 Å². The molecule has 3 atom stereocenters.